The zero-order chi connectivity index (χ0) is 11.8. The van der Waals surface area contributed by atoms with Crippen LogP contribution in [0.1, 0.15) is 18.4 Å². The first-order valence-electron chi connectivity index (χ1n) is 5.16. The van der Waals surface area contributed by atoms with Crippen LogP contribution in [0.25, 0.3) is 0 Å². The molecule has 0 aliphatic rings. The summed E-state index contributed by atoms with van der Waals surface area (Å²) >= 11 is 0. The summed E-state index contributed by atoms with van der Waals surface area (Å²) < 4.78 is 10.7. The summed E-state index contributed by atoms with van der Waals surface area (Å²) in [5.41, 5.74) is 0.799. The highest BCUT2D eigenvalue weighted by Crippen LogP contribution is 2.28. The second-order valence-electron chi connectivity index (χ2n) is 3.30. The molecule has 16 heavy (non-hydrogen) atoms. The van der Waals surface area contributed by atoms with Crippen LogP contribution in [0.2, 0.25) is 0 Å². The van der Waals surface area contributed by atoms with E-state index in [0.717, 1.165) is 12.0 Å². The van der Waals surface area contributed by atoms with E-state index in [4.69, 9.17) is 21.0 Å². The van der Waals surface area contributed by atoms with Crippen molar-refractivity contribution in [2.75, 3.05) is 13.7 Å². The van der Waals surface area contributed by atoms with Crippen molar-refractivity contribution in [3.63, 3.8) is 0 Å². The lowest BCUT2D eigenvalue weighted by atomic mass is 10.2. The second kappa shape index (κ2) is 6.76. The number of rotatable bonds is 6. The molecule has 1 aromatic rings. The Kier molecular flexibility index (Phi) is 5.24. The van der Waals surface area contributed by atoms with Crippen LogP contribution in [0.15, 0.2) is 18.2 Å². The number of hydrogen-bond acceptors (Lipinski definition) is 3. The van der Waals surface area contributed by atoms with Crippen LogP contribution in [-0.2, 0) is 6.61 Å². The third kappa shape index (κ3) is 3.48. The summed E-state index contributed by atoms with van der Waals surface area (Å²) in [6, 6.07) is 5.35. The Balaban J connectivity index is 2.64. The van der Waals surface area contributed by atoms with Crippen LogP contribution in [0.4, 0.5) is 0 Å². The van der Waals surface area contributed by atoms with Gasteiger partial charge in [0, 0.05) is 6.42 Å². The fourth-order valence-electron chi connectivity index (χ4n) is 1.29. The molecule has 1 rings (SSSR count). The molecule has 0 heterocycles. The second-order valence-corrected chi connectivity index (χ2v) is 3.30. The zero-order valence-electron chi connectivity index (χ0n) is 9.40. The minimum atomic E-state index is -0.00922. The molecule has 0 aromatic heterocycles. The van der Waals surface area contributed by atoms with Crippen molar-refractivity contribution in [2.24, 2.45) is 0 Å². The molecule has 0 radical (unpaired) electrons. The summed E-state index contributed by atoms with van der Waals surface area (Å²) in [4.78, 5) is 0. The molecule has 0 saturated carbocycles. The lowest BCUT2D eigenvalue weighted by Gasteiger charge is -2.11. The van der Waals surface area contributed by atoms with Crippen molar-refractivity contribution in [3.05, 3.63) is 23.8 Å². The predicted octanol–water partition coefficient (Wildman–Crippen LogP) is 1.98. The van der Waals surface area contributed by atoms with Gasteiger partial charge >= 0.3 is 0 Å². The molecule has 0 fully saturated rings. The van der Waals surface area contributed by atoms with Gasteiger partial charge in [-0.2, -0.15) is 0 Å². The minimum Gasteiger partial charge on any atom is -0.493 e. The average Bonchev–Trinajstić information content (AvgIpc) is 2.34. The summed E-state index contributed by atoms with van der Waals surface area (Å²) in [5.74, 6) is 3.86. The molecule has 3 heteroatoms. The highest BCUT2D eigenvalue weighted by atomic mass is 16.5. The van der Waals surface area contributed by atoms with E-state index < -0.39 is 0 Å². The van der Waals surface area contributed by atoms with Gasteiger partial charge in [-0.1, -0.05) is 6.07 Å². The van der Waals surface area contributed by atoms with E-state index in [9.17, 15) is 0 Å². The quantitative estimate of drug-likeness (QED) is 0.588. The summed E-state index contributed by atoms with van der Waals surface area (Å²) in [5, 5.41) is 9.01. The van der Waals surface area contributed by atoms with E-state index in [1.807, 2.05) is 0 Å². The van der Waals surface area contributed by atoms with E-state index in [-0.39, 0.29) is 6.61 Å². The fraction of sp³-hybridized carbons (Fsp3) is 0.385. The van der Waals surface area contributed by atoms with Crippen molar-refractivity contribution < 1.29 is 14.6 Å². The smallest absolute Gasteiger partial charge is 0.161 e. The molecular weight excluding hydrogens is 204 g/mol. The molecule has 3 nitrogen and oxygen atoms in total. The van der Waals surface area contributed by atoms with Gasteiger partial charge in [0.1, 0.15) is 0 Å². The topological polar surface area (TPSA) is 38.7 Å². The molecule has 1 aromatic carbocycles. The number of aliphatic hydroxyl groups excluding tert-OH is 1. The molecule has 0 unspecified atom stereocenters. The first-order chi connectivity index (χ1) is 7.81. The van der Waals surface area contributed by atoms with Gasteiger partial charge in [0.15, 0.2) is 11.5 Å². The van der Waals surface area contributed by atoms with Gasteiger partial charge in [-0.15, -0.1) is 12.3 Å². The monoisotopic (exact) mass is 220 g/mol. The van der Waals surface area contributed by atoms with E-state index in [1.54, 1.807) is 25.3 Å². The third-order valence-electron chi connectivity index (χ3n) is 2.13. The predicted molar refractivity (Wildman–Crippen MR) is 62.5 cm³/mol. The van der Waals surface area contributed by atoms with Crippen LogP contribution >= 0.6 is 0 Å². The van der Waals surface area contributed by atoms with E-state index in [1.165, 1.54) is 0 Å². The summed E-state index contributed by atoms with van der Waals surface area (Å²) in [7, 11) is 1.59. The van der Waals surface area contributed by atoms with Crippen molar-refractivity contribution in [1.29, 1.82) is 0 Å². The van der Waals surface area contributed by atoms with Crippen molar-refractivity contribution in [3.8, 4) is 23.8 Å². The van der Waals surface area contributed by atoms with Gasteiger partial charge in [-0.05, 0) is 24.1 Å². The number of unbranched alkanes of at least 4 members (excludes halogenated alkanes) is 1. The van der Waals surface area contributed by atoms with Crippen LogP contribution in [0.3, 0.4) is 0 Å². The Morgan fingerprint density at radius 2 is 2.19 bits per heavy atom. The van der Waals surface area contributed by atoms with Crippen molar-refractivity contribution in [2.45, 2.75) is 19.4 Å². The van der Waals surface area contributed by atoms with Gasteiger partial charge in [0.25, 0.3) is 0 Å². The summed E-state index contributed by atoms with van der Waals surface area (Å²) in [6.07, 6.45) is 6.65. The molecule has 0 aliphatic carbocycles. The zero-order valence-corrected chi connectivity index (χ0v) is 9.40. The van der Waals surface area contributed by atoms with Crippen LogP contribution in [-0.4, -0.2) is 18.8 Å². The number of methoxy groups -OCH3 is 1. The van der Waals surface area contributed by atoms with Crippen molar-refractivity contribution in [1.82, 2.24) is 0 Å². The van der Waals surface area contributed by atoms with Gasteiger partial charge in [0.05, 0.1) is 20.3 Å². The molecule has 0 atom stereocenters. The maximum atomic E-state index is 9.01. The number of hydrogen-bond donors (Lipinski definition) is 1. The van der Waals surface area contributed by atoms with Gasteiger partial charge in [0.2, 0.25) is 0 Å². The Bertz CT molecular complexity index is 366. The Morgan fingerprint density at radius 3 is 2.81 bits per heavy atom. The fourth-order valence-corrected chi connectivity index (χ4v) is 1.29. The summed E-state index contributed by atoms with van der Waals surface area (Å²) in [6.45, 7) is 0.542. The first-order valence-corrected chi connectivity index (χ1v) is 5.16. The number of ether oxygens (including phenoxy) is 2. The van der Waals surface area contributed by atoms with Gasteiger partial charge in [-0.25, -0.2) is 0 Å². The van der Waals surface area contributed by atoms with Gasteiger partial charge < -0.3 is 14.6 Å². The number of terminal acetylenes is 1. The molecule has 0 amide bonds. The Hall–Kier alpha value is -1.66. The van der Waals surface area contributed by atoms with E-state index in [2.05, 4.69) is 5.92 Å². The lowest BCUT2D eigenvalue weighted by molar-refractivity contribution is 0.274. The number of benzene rings is 1. The Labute approximate surface area is 96.0 Å². The minimum absolute atomic E-state index is 0.00922. The standard InChI is InChI=1S/C13H16O3/c1-3-4-5-8-16-13-9-11(10-14)6-7-12(13)15-2/h1,6-7,9,14H,4-5,8,10H2,2H3. The maximum Gasteiger partial charge on any atom is 0.161 e. The molecule has 1 N–H and O–H groups in total. The van der Waals surface area contributed by atoms with Crippen LogP contribution < -0.4 is 9.47 Å². The maximum absolute atomic E-state index is 9.01. The first kappa shape index (κ1) is 12.4. The lowest BCUT2D eigenvalue weighted by Crippen LogP contribution is -1.99. The SMILES string of the molecule is C#CCCCOc1cc(CO)ccc1OC. The molecular formula is C13H16O3. The molecule has 86 valence electrons. The number of aliphatic hydroxyl groups is 1. The molecule has 0 aliphatic heterocycles. The molecule has 0 spiro atoms. The van der Waals surface area contributed by atoms with E-state index in [0.29, 0.717) is 24.5 Å². The highest BCUT2D eigenvalue weighted by molar-refractivity contribution is 5.42. The van der Waals surface area contributed by atoms with Crippen LogP contribution in [0.5, 0.6) is 11.5 Å². The van der Waals surface area contributed by atoms with Crippen molar-refractivity contribution >= 4 is 0 Å². The highest BCUT2D eigenvalue weighted by Gasteiger charge is 2.04. The molecule has 0 bridgehead atoms. The van der Waals surface area contributed by atoms with Gasteiger partial charge in [-0.3, -0.25) is 0 Å². The van der Waals surface area contributed by atoms with E-state index >= 15 is 0 Å². The van der Waals surface area contributed by atoms with Crippen LogP contribution in [0, 0.1) is 12.3 Å². The average molecular weight is 220 g/mol. The normalized spacial score (nSPS) is 9.56. The third-order valence-corrected chi connectivity index (χ3v) is 2.13. The largest absolute Gasteiger partial charge is 0.493 e. The molecule has 0 saturated heterocycles. The Morgan fingerprint density at radius 1 is 1.38 bits per heavy atom.